The molecular weight excluding hydrogens is 305 g/mol. The van der Waals surface area contributed by atoms with Crippen LogP contribution in [0, 0.1) is 5.82 Å². The van der Waals surface area contributed by atoms with Crippen LogP contribution in [0.15, 0.2) is 53.0 Å². The van der Waals surface area contributed by atoms with Crippen LogP contribution in [0.5, 0.6) is 0 Å². The number of benzene rings is 2. The second kappa shape index (κ2) is 6.83. The Balaban J connectivity index is 2.00. The average molecular weight is 322 g/mol. The van der Waals surface area contributed by atoms with Crippen molar-refractivity contribution < 1.29 is 4.39 Å². The normalized spacial score (nSPS) is 12.4. The monoisotopic (exact) mass is 321 g/mol. The van der Waals surface area contributed by atoms with Gasteiger partial charge in [-0.3, -0.25) is 0 Å². The maximum atomic E-state index is 12.9. The molecule has 2 aromatic rings. The Morgan fingerprint density at radius 3 is 1.89 bits per heavy atom. The Labute approximate surface area is 122 Å². The van der Waals surface area contributed by atoms with Crippen LogP contribution in [0.2, 0.25) is 0 Å². The zero-order valence-corrected chi connectivity index (χ0v) is 12.5. The number of hydrogen-bond acceptors (Lipinski definition) is 1. The van der Waals surface area contributed by atoms with Crippen LogP contribution in [-0.2, 0) is 12.8 Å². The molecule has 0 aliphatic rings. The minimum Gasteiger partial charge on any atom is -0.316 e. The molecule has 0 saturated heterocycles. The van der Waals surface area contributed by atoms with Crippen LogP contribution in [0.4, 0.5) is 4.39 Å². The van der Waals surface area contributed by atoms with E-state index in [2.05, 4.69) is 45.5 Å². The molecule has 0 radical (unpaired) electrons. The molecule has 19 heavy (non-hydrogen) atoms. The molecule has 0 bridgehead atoms. The minimum atomic E-state index is -0.183. The van der Waals surface area contributed by atoms with Crippen molar-refractivity contribution in [3.05, 3.63) is 69.9 Å². The minimum absolute atomic E-state index is 0.183. The fraction of sp³-hybridized carbons (Fsp3) is 0.250. The van der Waals surface area contributed by atoms with E-state index in [4.69, 9.17) is 0 Å². The molecule has 1 N–H and O–H groups in total. The smallest absolute Gasteiger partial charge is 0.123 e. The molecule has 0 saturated carbocycles. The van der Waals surface area contributed by atoms with E-state index in [1.807, 2.05) is 19.2 Å². The summed E-state index contributed by atoms with van der Waals surface area (Å²) in [4.78, 5) is 0. The summed E-state index contributed by atoms with van der Waals surface area (Å²) >= 11 is 3.44. The molecule has 1 nitrogen and oxygen atoms in total. The van der Waals surface area contributed by atoms with Gasteiger partial charge >= 0.3 is 0 Å². The van der Waals surface area contributed by atoms with Gasteiger partial charge in [-0.2, -0.15) is 0 Å². The second-order valence-electron chi connectivity index (χ2n) is 4.65. The highest BCUT2D eigenvalue weighted by molar-refractivity contribution is 9.10. The lowest BCUT2D eigenvalue weighted by molar-refractivity contribution is 0.555. The second-order valence-corrected chi connectivity index (χ2v) is 5.56. The van der Waals surface area contributed by atoms with Gasteiger partial charge in [0.2, 0.25) is 0 Å². The van der Waals surface area contributed by atoms with Crippen LogP contribution < -0.4 is 5.32 Å². The van der Waals surface area contributed by atoms with Crippen LogP contribution in [0.25, 0.3) is 0 Å². The van der Waals surface area contributed by atoms with E-state index >= 15 is 0 Å². The number of hydrogen-bond donors (Lipinski definition) is 1. The van der Waals surface area contributed by atoms with Crippen molar-refractivity contribution in [2.75, 3.05) is 7.05 Å². The molecule has 0 aromatic heterocycles. The van der Waals surface area contributed by atoms with Gasteiger partial charge in [0.1, 0.15) is 5.82 Å². The van der Waals surface area contributed by atoms with E-state index in [9.17, 15) is 4.39 Å². The van der Waals surface area contributed by atoms with Crippen molar-refractivity contribution in [1.82, 2.24) is 5.32 Å². The van der Waals surface area contributed by atoms with Crippen LogP contribution in [0.1, 0.15) is 11.1 Å². The zero-order valence-electron chi connectivity index (χ0n) is 10.9. The summed E-state index contributed by atoms with van der Waals surface area (Å²) in [6.07, 6.45) is 1.86. The van der Waals surface area contributed by atoms with Gasteiger partial charge in [-0.15, -0.1) is 0 Å². The van der Waals surface area contributed by atoms with E-state index in [1.165, 1.54) is 17.7 Å². The van der Waals surface area contributed by atoms with E-state index in [1.54, 1.807) is 0 Å². The Kier molecular flexibility index (Phi) is 5.11. The standard InChI is InChI=1S/C16H17BrFN/c1-19-16(10-12-2-6-14(17)7-3-12)11-13-4-8-15(18)9-5-13/h2-9,16,19H,10-11H2,1H3. The number of rotatable bonds is 5. The first kappa shape index (κ1) is 14.2. The Hall–Kier alpha value is -1.19. The van der Waals surface area contributed by atoms with E-state index in [-0.39, 0.29) is 5.82 Å². The third-order valence-electron chi connectivity index (χ3n) is 3.20. The molecule has 0 aliphatic heterocycles. The predicted molar refractivity (Wildman–Crippen MR) is 80.8 cm³/mol. The summed E-state index contributed by atoms with van der Waals surface area (Å²) in [5.74, 6) is -0.183. The fourth-order valence-corrected chi connectivity index (χ4v) is 2.35. The first-order valence-electron chi connectivity index (χ1n) is 6.33. The van der Waals surface area contributed by atoms with Crippen molar-refractivity contribution in [2.45, 2.75) is 18.9 Å². The summed E-state index contributed by atoms with van der Waals surface area (Å²) < 4.78 is 14.0. The van der Waals surface area contributed by atoms with E-state index in [0.717, 1.165) is 22.9 Å². The Morgan fingerprint density at radius 1 is 0.947 bits per heavy atom. The largest absolute Gasteiger partial charge is 0.316 e. The molecule has 0 amide bonds. The number of likely N-dealkylation sites (N-methyl/N-ethyl adjacent to an activating group) is 1. The molecule has 0 aliphatic carbocycles. The van der Waals surface area contributed by atoms with Crippen LogP contribution >= 0.6 is 15.9 Å². The summed E-state index contributed by atoms with van der Waals surface area (Å²) in [6, 6.07) is 15.4. The lowest BCUT2D eigenvalue weighted by Gasteiger charge is -2.16. The highest BCUT2D eigenvalue weighted by Gasteiger charge is 2.08. The van der Waals surface area contributed by atoms with Gasteiger partial charge in [0.05, 0.1) is 0 Å². The molecule has 2 rings (SSSR count). The van der Waals surface area contributed by atoms with E-state index in [0.29, 0.717) is 6.04 Å². The summed E-state index contributed by atoms with van der Waals surface area (Å²) in [7, 11) is 1.97. The summed E-state index contributed by atoms with van der Waals surface area (Å²) in [5, 5.41) is 3.32. The van der Waals surface area contributed by atoms with Gasteiger partial charge < -0.3 is 5.32 Å². The molecule has 0 spiro atoms. The lowest BCUT2D eigenvalue weighted by Crippen LogP contribution is -2.29. The number of halogens is 2. The molecular formula is C16H17BrFN. The van der Waals surface area contributed by atoms with Gasteiger partial charge in [0.15, 0.2) is 0 Å². The van der Waals surface area contributed by atoms with Crippen molar-refractivity contribution in [1.29, 1.82) is 0 Å². The molecule has 3 heteroatoms. The highest BCUT2D eigenvalue weighted by atomic mass is 79.9. The summed E-state index contributed by atoms with van der Waals surface area (Å²) in [5.41, 5.74) is 2.45. The first-order valence-corrected chi connectivity index (χ1v) is 7.13. The van der Waals surface area contributed by atoms with Gasteiger partial charge in [-0.05, 0) is 55.3 Å². The van der Waals surface area contributed by atoms with Gasteiger partial charge in [0, 0.05) is 10.5 Å². The van der Waals surface area contributed by atoms with Crippen molar-refractivity contribution in [3.63, 3.8) is 0 Å². The summed E-state index contributed by atoms with van der Waals surface area (Å²) in [6.45, 7) is 0. The maximum absolute atomic E-state index is 12.9. The van der Waals surface area contributed by atoms with Gasteiger partial charge in [-0.1, -0.05) is 40.2 Å². The number of nitrogens with one attached hydrogen (secondary N) is 1. The third kappa shape index (κ3) is 4.44. The molecule has 1 atom stereocenters. The van der Waals surface area contributed by atoms with Gasteiger partial charge in [0.25, 0.3) is 0 Å². The Morgan fingerprint density at radius 2 is 1.42 bits per heavy atom. The van der Waals surface area contributed by atoms with Crippen LogP contribution in [0.3, 0.4) is 0 Å². The van der Waals surface area contributed by atoms with E-state index < -0.39 is 0 Å². The van der Waals surface area contributed by atoms with Crippen LogP contribution in [-0.4, -0.2) is 13.1 Å². The Bertz CT molecular complexity index is 460. The lowest BCUT2D eigenvalue weighted by atomic mass is 9.99. The quantitative estimate of drug-likeness (QED) is 0.878. The van der Waals surface area contributed by atoms with Gasteiger partial charge in [-0.25, -0.2) is 4.39 Å². The molecule has 2 aromatic carbocycles. The first-order chi connectivity index (χ1) is 9.17. The van der Waals surface area contributed by atoms with Crippen molar-refractivity contribution in [3.8, 4) is 0 Å². The molecule has 100 valence electrons. The highest BCUT2D eigenvalue weighted by Crippen LogP contribution is 2.14. The molecule has 1 unspecified atom stereocenters. The predicted octanol–water partition coefficient (Wildman–Crippen LogP) is 3.96. The molecule has 0 heterocycles. The average Bonchev–Trinajstić information content (AvgIpc) is 2.43. The SMILES string of the molecule is CNC(Cc1ccc(F)cc1)Cc1ccc(Br)cc1. The third-order valence-corrected chi connectivity index (χ3v) is 3.73. The zero-order chi connectivity index (χ0) is 13.7. The fourth-order valence-electron chi connectivity index (χ4n) is 2.09. The topological polar surface area (TPSA) is 12.0 Å². The maximum Gasteiger partial charge on any atom is 0.123 e. The van der Waals surface area contributed by atoms with Crippen molar-refractivity contribution in [2.24, 2.45) is 0 Å². The molecule has 0 fully saturated rings. The van der Waals surface area contributed by atoms with Crippen molar-refractivity contribution >= 4 is 15.9 Å².